The molecule has 18 heavy (non-hydrogen) atoms. The van der Waals surface area contributed by atoms with Gasteiger partial charge in [0.15, 0.2) is 0 Å². The van der Waals surface area contributed by atoms with Gasteiger partial charge in [-0.25, -0.2) is 0 Å². The first-order valence-corrected chi connectivity index (χ1v) is 5.83. The lowest BCUT2D eigenvalue weighted by Crippen LogP contribution is -2.19. The van der Waals surface area contributed by atoms with Crippen molar-refractivity contribution in [2.75, 3.05) is 10.6 Å². The Balaban J connectivity index is 2.03. The minimum atomic E-state index is -0.350. The molecule has 1 aromatic heterocycles. The van der Waals surface area contributed by atoms with E-state index in [4.69, 9.17) is 0 Å². The highest BCUT2D eigenvalue weighted by Crippen LogP contribution is 2.37. The number of aromatic amines is 1. The van der Waals surface area contributed by atoms with Gasteiger partial charge >= 0.3 is 0 Å². The largest absolute Gasteiger partial charge is 0.367 e. The summed E-state index contributed by atoms with van der Waals surface area (Å²) in [5, 5.41) is 12.7. The summed E-state index contributed by atoms with van der Waals surface area (Å²) in [6, 6.07) is 3.71. The second kappa shape index (κ2) is 3.87. The van der Waals surface area contributed by atoms with Crippen molar-refractivity contribution in [2.24, 2.45) is 0 Å². The van der Waals surface area contributed by atoms with Crippen LogP contribution in [-0.4, -0.2) is 16.1 Å². The fraction of sp³-hybridized carbons (Fsp3) is 0.231. The van der Waals surface area contributed by atoms with Gasteiger partial charge in [0.25, 0.3) is 5.91 Å². The Morgan fingerprint density at radius 2 is 2.06 bits per heavy atom. The number of nitrogens with zero attached hydrogens (tertiary/aromatic N) is 1. The quantitative estimate of drug-likeness (QED) is 0.755. The molecular formula is C13H14N4O. The predicted octanol–water partition coefficient (Wildman–Crippen LogP) is 2.13. The lowest BCUT2D eigenvalue weighted by atomic mass is 9.99. The highest BCUT2D eigenvalue weighted by Gasteiger charge is 2.33. The van der Waals surface area contributed by atoms with Crippen LogP contribution in [0, 0.1) is 13.8 Å². The van der Waals surface area contributed by atoms with Crippen molar-refractivity contribution >= 4 is 17.3 Å². The molecule has 0 bridgehead atoms. The fourth-order valence-electron chi connectivity index (χ4n) is 2.33. The van der Waals surface area contributed by atoms with Crippen molar-refractivity contribution in [1.82, 2.24) is 10.2 Å². The van der Waals surface area contributed by atoms with Crippen LogP contribution < -0.4 is 10.6 Å². The number of fused-ring (bicyclic) bond motifs is 1. The van der Waals surface area contributed by atoms with Gasteiger partial charge in [-0.1, -0.05) is 12.1 Å². The lowest BCUT2D eigenvalue weighted by Gasteiger charge is -2.13. The first-order chi connectivity index (χ1) is 8.66. The molecule has 1 amide bonds. The van der Waals surface area contributed by atoms with Crippen molar-refractivity contribution in [3.8, 4) is 0 Å². The van der Waals surface area contributed by atoms with E-state index in [9.17, 15) is 4.79 Å². The van der Waals surface area contributed by atoms with Crippen LogP contribution in [0.1, 0.15) is 22.7 Å². The molecule has 0 saturated carbocycles. The first-order valence-electron chi connectivity index (χ1n) is 5.83. The molecule has 0 saturated heterocycles. The van der Waals surface area contributed by atoms with Gasteiger partial charge in [0.2, 0.25) is 0 Å². The van der Waals surface area contributed by atoms with E-state index in [0.29, 0.717) is 0 Å². The topological polar surface area (TPSA) is 69.8 Å². The number of hydrogen-bond acceptors (Lipinski definition) is 3. The number of nitrogens with one attached hydrogen (secondary N) is 3. The zero-order chi connectivity index (χ0) is 12.7. The van der Waals surface area contributed by atoms with Crippen LogP contribution >= 0.6 is 0 Å². The van der Waals surface area contributed by atoms with Gasteiger partial charge in [0.1, 0.15) is 6.04 Å². The summed E-state index contributed by atoms with van der Waals surface area (Å²) in [5.41, 5.74) is 4.96. The molecule has 5 nitrogen and oxygen atoms in total. The smallest absolute Gasteiger partial charge is 0.251 e. The Morgan fingerprint density at radius 1 is 1.28 bits per heavy atom. The number of carbonyl (C=O) groups excluding carboxylic acids is 1. The van der Waals surface area contributed by atoms with Crippen molar-refractivity contribution < 1.29 is 4.79 Å². The number of amides is 1. The molecule has 1 atom stereocenters. The normalized spacial score (nSPS) is 17.4. The molecule has 0 aliphatic carbocycles. The molecule has 3 N–H and O–H groups in total. The van der Waals surface area contributed by atoms with Crippen molar-refractivity contribution in [3.63, 3.8) is 0 Å². The summed E-state index contributed by atoms with van der Waals surface area (Å²) in [6.07, 6.45) is 3.40. The maximum Gasteiger partial charge on any atom is 0.251 e. The summed E-state index contributed by atoms with van der Waals surface area (Å²) >= 11 is 0. The van der Waals surface area contributed by atoms with Crippen LogP contribution in [0.5, 0.6) is 0 Å². The Hall–Kier alpha value is -2.30. The number of hydrogen-bond donors (Lipinski definition) is 3. The lowest BCUT2D eigenvalue weighted by molar-refractivity contribution is -0.116. The number of carbonyl (C=O) groups is 1. The number of anilines is 2. The summed E-state index contributed by atoms with van der Waals surface area (Å²) in [4.78, 5) is 12.1. The number of benzene rings is 1. The number of aryl methyl sites for hydroxylation is 2. The van der Waals surface area contributed by atoms with E-state index >= 15 is 0 Å². The van der Waals surface area contributed by atoms with Gasteiger partial charge < -0.3 is 10.6 Å². The molecule has 2 heterocycles. The molecule has 0 fully saturated rings. The molecule has 2 aromatic rings. The molecule has 0 radical (unpaired) electrons. The van der Waals surface area contributed by atoms with E-state index in [1.54, 1.807) is 12.4 Å². The minimum Gasteiger partial charge on any atom is -0.367 e. The molecule has 0 spiro atoms. The Morgan fingerprint density at radius 3 is 2.78 bits per heavy atom. The molecule has 5 heteroatoms. The van der Waals surface area contributed by atoms with E-state index < -0.39 is 0 Å². The standard InChI is InChI=1S/C13H14N4O/c1-7-3-4-8(2)11-10(7)12(13(18)17-11)16-9-5-14-15-6-9/h3-6,12,16H,1-2H3,(H,14,15)(H,17,18). The average molecular weight is 242 g/mol. The summed E-state index contributed by atoms with van der Waals surface area (Å²) < 4.78 is 0. The SMILES string of the molecule is Cc1ccc(C)c2c1NC(=O)C2Nc1cn[nH]c1. The van der Waals surface area contributed by atoms with E-state index in [1.165, 1.54) is 0 Å². The first kappa shape index (κ1) is 10.8. The van der Waals surface area contributed by atoms with Gasteiger partial charge in [-0.3, -0.25) is 9.89 Å². The van der Waals surface area contributed by atoms with Crippen LogP contribution in [0.25, 0.3) is 0 Å². The average Bonchev–Trinajstić information content (AvgIpc) is 2.95. The third-order valence-corrected chi connectivity index (χ3v) is 3.28. The molecule has 1 unspecified atom stereocenters. The zero-order valence-corrected chi connectivity index (χ0v) is 10.2. The van der Waals surface area contributed by atoms with Crippen molar-refractivity contribution in [2.45, 2.75) is 19.9 Å². The van der Waals surface area contributed by atoms with E-state index in [2.05, 4.69) is 20.8 Å². The Bertz CT molecular complexity index is 604. The molecule has 3 rings (SSSR count). The predicted molar refractivity (Wildman–Crippen MR) is 69.5 cm³/mol. The molecule has 1 aliphatic heterocycles. The highest BCUT2D eigenvalue weighted by atomic mass is 16.2. The molecule has 92 valence electrons. The third kappa shape index (κ3) is 1.55. The van der Waals surface area contributed by atoms with E-state index in [1.807, 2.05) is 26.0 Å². The zero-order valence-electron chi connectivity index (χ0n) is 10.2. The summed E-state index contributed by atoms with van der Waals surface area (Å²) in [7, 11) is 0. The minimum absolute atomic E-state index is 0.0244. The Kier molecular flexibility index (Phi) is 2.33. The summed E-state index contributed by atoms with van der Waals surface area (Å²) in [6.45, 7) is 4.02. The maximum absolute atomic E-state index is 12.1. The number of aromatic nitrogens is 2. The van der Waals surface area contributed by atoms with Crippen LogP contribution in [0.2, 0.25) is 0 Å². The fourth-order valence-corrected chi connectivity index (χ4v) is 2.33. The van der Waals surface area contributed by atoms with Crippen molar-refractivity contribution in [3.05, 3.63) is 41.2 Å². The maximum atomic E-state index is 12.1. The highest BCUT2D eigenvalue weighted by molar-refractivity contribution is 6.05. The van der Waals surface area contributed by atoms with Gasteiger partial charge in [-0.15, -0.1) is 0 Å². The van der Waals surface area contributed by atoms with Crippen LogP contribution in [0.4, 0.5) is 11.4 Å². The second-order valence-electron chi connectivity index (χ2n) is 4.54. The number of H-pyrrole nitrogens is 1. The van der Waals surface area contributed by atoms with Gasteiger partial charge in [0, 0.05) is 17.4 Å². The van der Waals surface area contributed by atoms with Gasteiger partial charge in [0.05, 0.1) is 11.9 Å². The van der Waals surface area contributed by atoms with Gasteiger partial charge in [-0.05, 0) is 25.0 Å². The molecule has 1 aliphatic rings. The van der Waals surface area contributed by atoms with Gasteiger partial charge in [-0.2, -0.15) is 5.10 Å². The van der Waals surface area contributed by atoms with Crippen molar-refractivity contribution in [1.29, 1.82) is 0 Å². The Labute approximate surface area is 105 Å². The second-order valence-corrected chi connectivity index (χ2v) is 4.54. The monoisotopic (exact) mass is 242 g/mol. The van der Waals surface area contributed by atoms with Crippen LogP contribution in [0.3, 0.4) is 0 Å². The summed E-state index contributed by atoms with van der Waals surface area (Å²) in [5.74, 6) is -0.0244. The van der Waals surface area contributed by atoms with E-state index in [0.717, 1.165) is 28.1 Å². The third-order valence-electron chi connectivity index (χ3n) is 3.28. The number of rotatable bonds is 2. The molecular weight excluding hydrogens is 228 g/mol. The van der Waals surface area contributed by atoms with E-state index in [-0.39, 0.29) is 11.9 Å². The molecule has 1 aromatic carbocycles. The van der Waals surface area contributed by atoms with Crippen LogP contribution in [-0.2, 0) is 4.79 Å². The van der Waals surface area contributed by atoms with Crippen LogP contribution in [0.15, 0.2) is 24.5 Å².